The van der Waals surface area contributed by atoms with E-state index in [1.54, 1.807) is 11.1 Å². The second-order valence-corrected chi connectivity index (χ2v) is 6.77. The molecule has 1 aliphatic rings. The van der Waals surface area contributed by atoms with Crippen molar-refractivity contribution in [3.05, 3.63) is 24.2 Å². The number of ether oxygens (including phenoxy) is 1. The maximum atomic E-state index is 12.2. The Labute approximate surface area is 134 Å². The van der Waals surface area contributed by atoms with Crippen LogP contribution in [-0.2, 0) is 11.3 Å². The Hall–Kier alpha value is -2.15. The third kappa shape index (κ3) is 3.14. The Morgan fingerprint density at radius 2 is 2.26 bits per heavy atom. The molecule has 7 heteroatoms. The Kier molecular flexibility index (Phi) is 3.97. The minimum Gasteiger partial charge on any atom is -0.444 e. The van der Waals surface area contributed by atoms with Gasteiger partial charge in [0, 0.05) is 19.3 Å². The molecule has 0 aromatic carbocycles. The van der Waals surface area contributed by atoms with Crippen LogP contribution < -0.4 is 0 Å². The van der Waals surface area contributed by atoms with Crippen LogP contribution in [0.15, 0.2) is 18.3 Å². The monoisotopic (exact) mass is 318 g/mol. The number of aliphatic hydroxyl groups excluding tert-OH is 1. The van der Waals surface area contributed by atoms with Gasteiger partial charge >= 0.3 is 6.09 Å². The quantitative estimate of drug-likeness (QED) is 0.917. The molecule has 1 amide bonds. The summed E-state index contributed by atoms with van der Waals surface area (Å²) < 4.78 is 7.37. The van der Waals surface area contributed by atoms with Gasteiger partial charge in [-0.3, -0.25) is 0 Å². The number of hydrogen-bond acceptors (Lipinski definition) is 5. The van der Waals surface area contributed by atoms with E-state index in [-0.39, 0.29) is 18.7 Å². The number of likely N-dealkylation sites (tertiary alicyclic amines) is 1. The van der Waals surface area contributed by atoms with Gasteiger partial charge in [-0.25, -0.2) is 14.8 Å². The van der Waals surface area contributed by atoms with E-state index in [9.17, 15) is 9.90 Å². The largest absolute Gasteiger partial charge is 0.444 e. The van der Waals surface area contributed by atoms with E-state index in [1.165, 1.54) is 0 Å². The molecule has 23 heavy (non-hydrogen) atoms. The lowest BCUT2D eigenvalue weighted by atomic mass is 10.2. The van der Waals surface area contributed by atoms with E-state index >= 15 is 0 Å². The normalized spacial score (nSPS) is 18.6. The third-order valence-electron chi connectivity index (χ3n) is 3.84. The maximum absolute atomic E-state index is 12.2. The molecule has 0 unspecified atom stereocenters. The fraction of sp³-hybridized carbons (Fsp3) is 0.562. The molecule has 0 spiro atoms. The average Bonchev–Trinajstić information content (AvgIpc) is 3.09. The molecule has 1 fully saturated rings. The van der Waals surface area contributed by atoms with Gasteiger partial charge in [-0.2, -0.15) is 0 Å². The first-order chi connectivity index (χ1) is 10.9. The van der Waals surface area contributed by atoms with Gasteiger partial charge in [0.25, 0.3) is 0 Å². The Morgan fingerprint density at radius 1 is 1.48 bits per heavy atom. The molecule has 1 atom stereocenters. The minimum atomic E-state index is -0.505. The summed E-state index contributed by atoms with van der Waals surface area (Å²) >= 11 is 0. The lowest BCUT2D eigenvalue weighted by Gasteiger charge is -2.24. The molecule has 3 heterocycles. The first-order valence-corrected chi connectivity index (χ1v) is 7.79. The van der Waals surface area contributed by atoms with Crippen LogP contribution in [0, 0.1) is 0 Å². The van der Waals surface area contributed by atoms with Crippen LogP contribution in [0.5, 0.6) is 0 Å². The van der Waals surface area contributed by atoms with E-state index in [0.29, 0.717) is 18.9 Å². The Morgan fingerprint density at radius 3 is 2.96 bits per heavy atom. The van der Waals surface area contributed by atoms with Crippen LogP contribution in [0.2, 0.25) is 0 Å². The van der Waals surface area contributed by atoms with Crippen LogP contribution in [0.1, 0.15) is 39.1 Å². The van der Waals surface area contributed by atoms with Crippen molar-refractivity contribution in [2.75, 3.05) is 13.1 Å². The lowest BCUT2D eigenvalue weighted by Crippen LogP contribution is -2.35. The topological polar surface area (TPSA) is 80.5 Å². The van der Waals surface area contributed by atoms with E-state index < -0.39 is 5.60 Å². The number of carbonyl (C=O) groups is 1. The number of imidazole rings is 1. The molecule has 1 N–H and O–H groups in total. The molecular formula is C16H22N4O3. The molecule has 2 aromatic rings. The highest BCUT2D eigenvalue weighted by Crippen LogP contribution is 2.28. The molecule has 0 aliphatic carbocycles. The Balaban J connectivity index is 1.83. The van der Waals surface area contributed by atoms with Crippen LogP contribution >= 0.6 is 0 Å². The second kappa shape index (κ2) is 5.81. The van der Waals surface area contributed by atoms with Crippen LogP contribution in [0.3, 0.4) is 0 Å². The number of aromatic nitrogens is 3. The van der Waals surface area contributed by atoms with Crippen molar-refractivity contribution >= 4 is 17.3 Å². The molecule has 0 radical (unpaired) electrons. The average molecular weight is 318 g/mol. The molecule has 124 valence electrons. The third-order valence-corrected chi connectivity index (χ3v) is 3.84. The zero-order valence-electron chi connectivity index (χ0n) is 13.7. The van der Waals surface area contributed by atoms with E-state index in [4.69, 9.17) is 4.74 Å². The SMILES string of the molecule is CC(C)(C)OC(=O)N1CC[C@@H](n2c(CO)nc3cccnc32)C1. The van der Waals surface area contributed by atoms with Gasteiger partial charge < -0.3 is 19.3 Å². The highest BCUT2D eigenvalue weighted by molar-refractivity contribution is 5.72. The minimum absolute atomic E-state index is 0.0459. The summed E-state index contributed by atoms with van der Waals surface area (Å²) in [6, 6.07) is 3.74. The highest BCUT2D eigenvalue weighted by atomic mass is 16.6. The van der Waals surface area contributed by atoms with Gasteiger partial charge in [0.2, 0.25) is 0 Å². The predicted molar refractivity (Wildman–Crippen MR) is 84.9 cm³/mol. The number of hydrogen-bond donors (Lipinski definition) is 1. The summed E-state index contributed by atoms with van der Waals surface area (Å²) in [4.78, 5) is 22.7. The first kappa shape index (κ1) is 15.7. The van der Waals surface area contributed by atoms with Gasteiger partial charge in [0.05, 0.1) is 6.04 Å². The van der Waals surface area contributed by atoms with Crippen molar-refractivity contribution in [3.8, 4) is 0 Å². The van der Waals surface area contributed by atoms with Gasteiger partial charge in [-0.1, -0.05) is 0 Å². The van der Waals surface area contributed by atoms with Crippen molar-refractivity contribution in [2.45, 2.75) is 45.4 Å². The van der Waals surface area contributed by atoms with Gasteiger partial charge in [-0.05, 0) is 39.3 Å². The fourth-order valence-electron chi connectivity index (χ4n) is 2.92. The zero-order chi connectivity index (χ0) is 16.6. The summed E-state index contributed by atoms with van der Waals surface area (Å²) in [5, 5.41) is 9.59. The molecular weight excluding hydrogens is 296 g/mol. The summed E-state index contributed by atoms with van der Waals surface area (Å²) in [5.74, 6) is 0.578. The van der Waals surface area contributed by atoms with Crippen LogP contribution in [0.25, 0.3) is 11.2 Å². The summed E-state index contributed by atoms with van der Waals surface area (Å²) in [6.45, 7) is 6.57. The second-order valence-electron chi connectivity index (χ2n) is 6.77. The van der Waals surface area contributed by atoms with E-state index in [2.05, 4.69) is 9.97 Å². The van der Waals surface area contributed by atoms with E-state index in [1.807, 2.05) is 37.5 Å². The standard InChI is InChI=1S/C16H22N4O3/c1-16(2,3)23-15(22)19-8-6-11(9-19)20-13(10-21)18-12-5-4-7-17-14(12)20/h4-5,7,11,21H,6,8-10H2,1-3H3/t11-/m1/s1. The number of carbonyl (C=O) groups excluding carboxylic acids is 1. The number of fused-ring (bicyclic) bond motifs is 1. The molecule has 1 aliphatic heterocycles. The molecule has 0 saturated carbocycles. The van der Waals surface area contributed by atoms with Gasteiger partial charge in [0.15, 0.2) is 5.65 Å². The number of nitrogens with zero attached hydrogens (tertiary/aromatic N) is 4. The highest BCUT2D eigenvalue weighted by Gasteiger charge is 2.32. The zero-order valence-corrected chi connectivity index (χ0v) is 13.7. The van der Waals surface area contributed by atoms with Crippen molar-refractivity contribution in [1.29, 1.82) is 0 Å². The van der Waals surface area contributed by atoms with Crippen LogP contribution in [0.4, 0.5) is 4.79 Å². The molecule has 3 rings (SSSR count). The summed E-state index contributed by atoms with van der Waals surface area (Å²) in [6.07, 6.45) is 2.19. The number of aliphatic hydroxyl groups is 1. The van der Waals surface area contributed by atoms with Crippen LogP contribution in [-0.4, -0.2) is 49.3 Å². The fourth-order valence-corrected chi connectivity index (χ4v) is 2.92. The van der Waals surface area contributed by atoms with Gasteiger partial charge in [-0.15, -0.1) is 0 Å². The van der Waals surface area contributed by atoms with Crippen molar-refractivity contribution in [3.63, 3.8) is 0 Å². The Bertz CT molecular complexity index is 720. The summed E-state index contributed by atoms with van der Waals surface area (Å²) in [5.41, 5.74) is 0.995. The molecule has 7 nitrogen and oxygen atoms in total. The number of amides is 1. The molecule has 2 aromatic heterocycles. The molecule has 0 bridgehead atoms. The van der Waals surface area contributed by atoms with Gasteiger partial charge in [0.1, 0.15) is 23.5 Å². The van der Waals surface area contributed by atoms with Crippen molar-refractivity contribution < 1.29 is 14.6 Å². The van der Waals surface area contributed by atoms with Crippen molar-refractivity contribution in [2.24, 2.45) is 0 Å². The number of rotatable bonds is 2. The first-order valence-electron chi connectivity index (χ1n) is 7.79. The maximum Gasteiger partial charge on any atom is 0.410 e. The lowest BCUT2D eigenvalue weighted by molar-refractivity contribution is 0.0289. The molecule has 1 saturated heterocycles. The number of pyridine rings is 1. The smallest absolute Gasteiger partial charge is 0.410 e. The van der Waals surface area contributed by atoms with E-state index in [0.717, 1.165) is 17.6 Å². The predicted octanol–water partition coefficient (Wildman–Crippen LogP) is 2.11. The van der Waals surface area contributed by atoms with Crippen molar-refractivity contribution in [1.82, 2.24) is 19.4 Å². The summed E-state index contributed by atoms with van der Waals surface area (Å²) in [7, 11) is 0.